The van der Waals surface area contributed by atoms with Crippen molar-refractivity contribution in [3.8, 4) is 0 Å². The minimum atomic E-state index is -0.813. The summed E-state index contributed by atoms with van der Waals surface area (Å²) in [5.74, 6) is -0.559. The molecule has 1 aromatic rings. The Hall–Kier alpha value is -2.28. The summed E-state index contributed by atoms with van der Waals surface area (Å²) in [6, 6.07) is 3.72. The normalized spacial score (nSPS) is 16.6. The first-order valence-corrected chi connectivity index (χ1v) is 10.8. The molecule has 0 bridgehead atoms. The summed E-state index contributed by atoms with van der Waals surface area (Å²) < 4.78 is 5.29. The van der Waals surface area contributed by atoms with Gasteiger partial charge in [-0.05, 0) is 57.4 Å². The molecule has 30 heavy (non-hydrogen) atoms. The van der Waals surface area contributed by atoms with Gasteiger partial charge < -0.3 is 15.4 Å². The molecule has 1 aliphatic rings. The number of unbranched alkanes of at least 4 members (excludes halogenated alkanes) is 1. The summed E-state index contributed by atoms with van der Waals surface area (Å²) in [4.78, 5) is 40.0. The molecule has 0 saturated heterocycles. The lowest BCUT2D eigenvalue weighted by atomic mass is 10.1. The average molecular weight is 438 g/mol. The zero-order valence-electron chi connectivity index (χ0n) is 18.4. The van der Waals surface area contributed by atoms with Gasteiger partial charge in [0.05, 0.1) is 0 Å². The van der Waals surface area contributed by atoms with Crippen molar-refractivity contribution in [2.75, 3.05) is 11.4 Å². The van der Waals surface area contributed by atoms with Gasteiger partial charge in [0.25, 0.3) is 0 Å². The highest BCUT2D eigenvalue weighted by Crippen LogP contribution is 2.35. The molecular weight excluding hydrogens is 406 g/mol. The highest BCUT2D eigenvalue weighted by Gasteiger charge is 2.41. The monoisotopic (exact) mass is 437 g/mol. The number of hydrogen-bond donors (Lipinski definition) is 2. The smallest absolute Gasteiger partial charge is 0.408 e. The van der Waals surface area contributed by atoms with Gasteiger partial charge >= 0.3 is 6.09 Å². The van der Waals surface area contributed by atoms with Crippen molar-refractivity contribution in [2.24, 2.45) is 0 Å². The van der Waals surface area contributed by atoms with Crippen LogP contribution in [0, 0.1) is 0 Å². The molecule has 7 nitrogen and oxygen atoms in total. The van der Waals surface area contributed by atoms with Gasteiger partial charge in [-0.15, -0.1) is 0 Å². The Labute approximate surface area is 183 Å². The quantitative estimate of drug-likeness (QED) is 0.635. The van der Waals surface area contributed by atoms with Crippen LogP contribution < -0.4 is 15.5 Å². The summed E-state index contributed by atoms with van der Waals surface area (Å²) in [6.07, 6.45) is 1.90. The largest absolute Gasteiger partial charge is 0.444 e. The van der Waals surface area contributed by atoms with E-state index < -0.39 is 23.8 Å². The molecule has 8 heteroatoms. The number of benzene rings is 1. The predicted molar refractivity (Wildman–Crippen MR) is 118 cm³/mol. The average Bonchev–Trinajstić information content (AvgIpc) is 3.02. The van der Waals surface area contributed by atoms with E-state index in [1.165, 1.54) is 4.90 Å². The Balaban J connectivity index is 2.26. The van der Waals surface area contributed by atoms with Crippen LogP contribution in [0.4, 0.5) is 10.5 Å². The number of carbonyl (C=O) groups is 3. The summed E-state index contributed by atoms with van der Waals surface area (Å²) in [7, 11) is 0. The van der Waals surface area contributed by atoms with Crippen LogP contribution in [0.2, 0.25) is 5.02 Å². The van der Waals surface area contributed by atoms with E-state index >= 15 is 0 Å². The lowest BCUT2D eigenvalue weighted by Gasteiger charge is -2.29. The van der Waals surface area contributed by atoms with Gasteiger partial charge in [0, 0.05) is 23.7 Å². The molecule has 1 aromatic carbocycles. The van der Waals surface area contributed by atoms with E-state index in [4.69, 9.17) is 16.3 Å². The number of anilines is 1. The van der Waals surface area contributed by atoms with Crippen molar-refractivity contribution in [1.29, 1.82) is 0 Å². The van der Waals surface area contributed by atoms with Gasteiger partial charge in [0.2, 0.25) is 11.8 Å². The van der Waals surface area contributed by atoms with Crippen LogP contribution in [0.15, 0.2) is 18.2 Å². The number of nitrogens with zero attached hydrogens (tertiary/aromatic N) is 1. The van der Waals surface area contributed by atoms with Crippen LogP contribution in [0.1, 0.15) is 59.4 Å². The van der Waals surface area contributed by atoms with Gasteiger partial charge in [0.15, 0.2) is 0 Å². The summed E-state index contributed by atoms with van der Waals surface area (Å²) in [5.41, 5.74) is 0.799. The Kier molecular flexibility index (Phi) is 8.12. The molecule has 0 saturated carbocycles. The highest BCUT2D eigenvalue weighted by molar-refractivity contribution is 6.30. The second-order valence-corrected chi connectivity index (χ2v) is 8.89. The molecule has 0 unspecified atom stereocenters. The number of rotatable bonds is 7. The number of nitrogens with one attached hydrogen (secondary N) is 2. The van der Waals surface area contributed by atoms with E-state index in [1.807, 2.05) is 6.92 Å². The van der Waals surface area contributed by atoms with Gasteiger partial charge in [-0.3, -0.25) is 14.5 Å². The van der Waals surface area contributed by atoms with E-state index in [0.29, 0.717) is 30.1 Å². The van der Waals surface area contributed by atoms with Crippen LogP contribution >= 0.6 is 11.6 Å². The third kappa shape index (κ3) is 6.11. The topological polar surface area (TPSA) is 87.7 Å². The van der Waals surface area contributed by atoms with Crippen molar-refractivity contribution in [1.82, 2.24) is 10.6 Å². The molecule has 166 valence electrons. The van der Waals surface area contributed by atoms with E-state index in [9.17, 15) is 14.4 Å². The van der Waals surface area contributed by atoms with Crippen molar-refractivity contribution in [3.05, 3.63) is 28.8 Å². The molecule has 0 aromatic heterocycles. The Morgan fingerprint density at radius 2 is 1.97 bits per heavy atom. The third-order valence-electron chi connectivity index (χ3n) is 4.79. The molecule has 1 aliphatic heterocycles. The number of carbonyl (C=O) groups excluding carboxylic acids is 3. The Bertz CT molecular complexity index is 791. The van der Waals surface area contributed by atoms with Crippen molar-refractivity contribution in [2.45, 2.75) is 78.0 Å². The second-order valence-electron chi connectivity index (χ2n) is 8.45. The number of amides is 3. The molecule has 1 heterocycles. The van der Waals surface area contributed by atoms with E-state index in [2.05, 4.69) is 10.6 Å². The molecule has 2 rings (SSSR count). The first-order chi connectivity index (χ1) is 14.1. The van der Waals surface area contributed by atoms with Crippen molar-refractivity contribution in [3.63, 3.8) is 0 Å². The minimum absolute atomic E-state index is 0.212. The Morgan fingerprint density at radius 3 is 2.57 bits per heavy atom. The zero-order valence-corrected chi connectivity index (χ0v) is 19.1. The fourth-order valence-electron chi connectivity index (χ4n) is 3.36. The highest BCUT2D eigenvalue weighted by atomic mass is 35.5. The van der Waals surface area contributed by atoms with Gasteiger partial charge in [-0.1, -0.05) is 31.9 Å². The van der Waals surface area contributed by atoms with Crippen LogP contribution in [0.5, 0.6) is 0 Å². The van der Waals surface area contributed by atoms with Crippen LogP contribution in [0.25, 0.3) is 0 Å². The van der Waals surface area contributed by atoms with E-state index in [0.717, 1.165) is 18.4 Å². The molecule has 3 amide bonds. The summed E-state index contributed by atoms with van der Waals surface area (Å²) >= 11 is 6.12. The van der Waals surface area contributed by atoms with Crippen molar-refractivity contribution >= 4 is 35.2 Å². The van der Waals surface area contributed by atoms with Gasteiger partial charge in [-0.2, -0.15) is 0 Å². The fraction of sp³-hybridized carbons (Fsp3) is 0.591. The number of halogens is 1. The first-order valence-electron chi connectivity index (χ1n) is 10.5. The predicted octanol–water partition coefficient (Wildman–Crippen LogP) is 3.82. The third-order valence-corrected chi connectivity index (χ3v) is 5.03. The molecular formula is C22H32ClN3O4. The number of hydrogen-bond acceptors (Lipinski definition) is 4. The molecule has 0 aliphatic carbocycles. The molecule has 0 spiro atoms. The van der Waals surface area contributed by atoms with E-state index in [1.54, 1.807) is 45.9 Å². The maximum atomic E-state index is 13.4. The lowest BCUT2D eigenvalue weighted by Crippen LogP contribution is -2.55. The minimum Gasteiger partial charge on any atom is -0.444 e. The van der Waals surface area contributed by atoms with Crippen LogP contribution in [-0.4, -0.2) is 42.1 Å². The van der Waals surface area contributed by atoms with Gasteiger partial charge in [0.1, 0.15) is 17.7 Å². The molecule has 0 fully saturated rings. The Morgan fingerprint density at radius 1 is 1.27 bits per heavy atom. The zero-order chi connectivity index (χ0) is 22.5. The fourth-order valence-corrected chi connectivity index (χ4v) is 3.56. The number of fused-ring (bicyclic) bond motifs is 1. The second kappa shape index (κ2) is 10.2. The molecule has 2 atom stereocenters. The summed E-state index contributed by atoms with van der Waals surface area (Å²) in [6.45, 7) is 9.67. The molecule has 2 N–H and O–H groups in total. The van der Waals surface area contributed by atoms with Crippen LogP contribution in [-0.2, 0) is 20.7 Å². The number of alkyl carbamates (subject to hydrolysis) is 1. The maximum Gasteiger partial charge on any atom is 0.408 e. The molecule has 0 radical (unpaired) electrons. The summed E-state index contributed by atoms with van der Waals surface area (Å²) in [5, 5.41) is 6.10. The standard InChI is InChI=1S/C22H32ClN3O4/c1-6-8-11-24-19(27)18-13-14-12-15(23)9-10-17(14)26(18)20(28)16(7-2)25-21(29)30-22(3,4)5/h9-10,12,16,18H,6-8,11,13H2,1-5H3,(H,24,27)(H,25,29)/t16-,18+/m1/s1. The van der Waals surface area contributed by atoms with Crippen molar-refractivity contribution < 1.29 is 19.1 Å². The maximum absolute atomic E-state index is 13.4. The van der Waals surface area contributed by atoms with E-state index in [-0.39, 0.29) is 11.8 Å². The lowest BCUT2D eigenvalue weighted by molar-refractivity contribution is -0.127. The SMILES string of the molecule is CCCCNC(=O)[C@@H]1Cc2cc(Cl)ccc2N1C(=O)[C@@H](CC)NC(=O)OC(C)(C)C. The first kappa shape index (κ1) is 24.0. The van der Waals surface area contributed by atoms with Crippen LogP contribution in [0.3, 0.4) is 0 Å². The number of ether oxygens (including phenoxy) is 1. The van der Waals surface area contributed by atoms with Gasteiger partial charge in [-0.25, -0.2) is 4.79 Å².